The van der Waals surface area contributed by atoms with Gasteiger partial charge in [0.1, 0.15) is 0 Å². The van der Waals surface area contributed by atoms with E-state index in [-0.39, 0.29) is 17.9 Å². The smallest absolute Gasteiger partial charge is 0.308 e. The van der Waals surface area contributed by atoms with Crippen LogP contribution in [0.5, 0.6) is 0 Å². The zero-order chi connectivity index (χ0) is 19.5. The fraction of sp³-hybridized carbons (Fsp3) is 0.909. The zero-order valence-corrected chi connectivity index (χ0v) is 17.5. The summed E-state index contributed by atoms with van der Waals surface area (Å²) in [6, 6.07) is 0. The maximum Gasteiger partial charge on any atom is 0.308 e. The van der Waals surface area contributed by atoms with Crippen LogP contribution in [0.15, 0.2) is 0 Å². The van der Waals surface area contributed by atoms with Gasteiger partial charge in [0, 0.05) is 6.42 Å². The van der Waals surface area contributed by atoms with Crippen molar-refractivity contribution < 1.29 is 19.1 Å². The quantitative estimate of drug-likeness (QED) is 0.212. The third-order valence-corrected chi connectivity index (χ3v) is 4.69. The topological polar surface area (TPSA) is 52.6 Å². The van der Waals surface area contributed by atoms with Gasteiger partial charge >= 0.3 is 11.9 Å². The van der Waals surface area contributed by atoms with Crippen LogP contribution in [0, 0.1) is 5.92 Å². The van der Waals surface area contributed by atoms with Crippen LogP contribution >= 0.6 is 0 Å². The Kier molecular flexibility index (Phi) is 18.0. The zero-order valence-electron chi connectivity index (χ0n) is 17.5. The van der Waals surface area contributed by atoms with E-state index in [4.69, 9.17) is 9.47 Å². The van der Waals surface area contributed by atoms with E-state index in [1.165, 1.54) is 51.4 Å². The molecule has 0 amide bonds. The minimum absolute atomic E-state index is 0.192. The molecule has 4 nitrogen and oxygen atoms in total. The number of carbonyl (C=O) groups excluding carboxylic acids is 2. The van der Waals surface area contributed by atoms with Crippen molar-refractivity contribution in [1.82, 2.24) is 0 Å². The summed E-state index contributed by atoms with van der Waals surface area (Å²) in [7, 11) is 0. The molecule has 1 atom stereocenters. The van der Waals surface area contributed by atoms with Crippen LogP contribution in [0.1, 0.15) is 111 Å². The molecular formula is C22H42O4. The van der Waals surface area contributed by atoms with Gasteiger partial charge in [0.15, 0.2) is 0 Å². The average Bonchev–Trinajstić information content (AvgIpc) is 2.64. The van der Waals surface area contributed by atoms with Crippen molar-refractivity contribution in [2.24, 2.45) is 5.92 Å². The van der Waals surface area contributed by atoms with Crippen LogP contribution in [0.2, 0.25) is 0 Å². The first-order valence-electron chi connectivity index (χ1n) is 10.9. The van der Waals surface area contributed by atoms with Gasteiger partial charge in [-0.1, -0.05) is 85.0 Å². The van der Waals surface area contributed by atoms with Crippen molar-refractivity contribution >= 4 is 11.9 Å². The second-order valence-electron chi connectivity index (χ2n) is 7.36. The Balaban J connectivity index is 3.53. The number of hydrogen-bond donors (Lipinski definition) is 0. The monoisotopic (exact) mass is 370 g/mol. The lowest BCUT2D eigenvalue weighted by atomic mass is 10.1. The number of hydrogen-bond acceptors (Lipinski definition) is 4. The van der Waals surface area contributed by atoms with E-state index in [0.717, 1.165) is 25.7 Å². The molecule has 0 spiro atoms. The number of carbonyl (C=O) groups is 2. The Morgan fingerprint density at radius 2 is 1.15 bits per heavy atom. The van der Waals surface area contributed by atoms with Crippen LogP contribution < -0.4 is 0 Å². The third kappa shape index (κ3) is 16.4. The van der Waals surface area contributed by atoms with Gasteiger partial charge in [-0.15, -0.1) is 0 Å². The van der Waals surface area contributed by atoms with Gasteiger partial charge < -0.3 is 9.47 Å². The molecule has 0 N–H and O–H groups in total. The van der Waals surface area contributed by atoms with E-state index < -0.39 is 0 Å². The fourth-order valence-electron chi connectivity index (χ4n) is 2.79. The van der Waals surface area contributed by atoms with Crippen LogP contribution in [-0.2, 0) is 19.1 Å². The lowest BCUT2D eigenvalue weighted by Crippen LogP contribution is -2.17. The molecule has 0 saturated heterocycles. The van der Waals surface area contributed by atoms with E-state index in [9.17, 15) is 9.59 Å². The molecule has 0 saturated carbocycles. The fourth-order valence-corrected chi connectivity index (χ4v) is 2.79. The van der Waals surface area contributed by atoms with Gasteiger partial charge in [-0.25, -0.2) is 0 Å². The van der Waals surface area contributed by atoms with Crippen molar-refractivity contribution in [1.29, 1.82) is 0 Å². The molecule has 4 heteroatoms. The average molecular weight is 371 g/mol. The third-order valence-electron chi connectivity index (χ3n) is 4.69. The maximum absolute atomic E-state index is 11.9. The second-order valence-corrected chi connectivity index (χ2v) is 7.36. The Hall–Kier alpha value is -1.06. The van der Waals surface area contributed by atoms with Gasteiger partial charge in [-0.3, -0.25) is 9.59 Å². The molecule has 0 aromatic heterocycles. The number of rotatable bonds is 18. The van der Waals surface area contributed by atoms with Gasteiger partial charge in [0.05, 0.1) is 19.1 Å². The molecule has 26 heavy (non-hydrogen) atoms. The summed E-state index contributed by atoms with van der Waals surface area (Å²) in [5, 5.41) is 0. The highest BCUT2D eigenvalue weighted by Gasteiger charge is 2.16. The molecule has 0 fully saturated rings. The summed E-state index contributed by atoms with van der Waals surface area (Å²) in [5.74, 6) is -0.631. The van der Waals surface area contributed by atoms with E-state index in [2.05, 4.69) is 13.8 Å². The van der Waals surface area contributed by atoms with Gasteiger partial charge in [0.2, 0.25) is 0 Å². The highest BCUT2D eigenvalue weighted by molar-refractivity contribution is 5.74. The molecule has 0 radical (unpaired) electrons. The summed E-state index contributed by atoms with van der Waals surface area (Å²) >= 11 is 0. The molecule has 0 bridgehead atoms. The largest absolute Gasteiger partial charge is 0.466 e. The number of unbranched alkanes of at least 4 members (excludes halogenated alkanes) is 10. The molecule has 0 heterocycles. The second kappa shape index (κ2) is 18.7. The predicted octanol–water partition coefficient (Wildman–Crippen LogP) is 6.21. The molecule has 0 aliphatic rings. The minimum Gasteiger partial charge on any atom is -0.466 e. The maximum atomic E-state index is 11.9. The Morgan fingerprint density at radius 3 is 1.69 bits per heavy atom. The highest BCUT2D eigenvalue weighted by Crippen LogP contribution is 2.11. The first-order chi connectivity index (χ1) is 12.6. The van der Waals surface area contributed by atoms with Gasteiger partial charge in [0.25, 0.3) is 0 Å². The van der Waals surface area contributed by atoms with Crippen molar-refractivity contribution in [3.05, 3.63) is 0 Å². The lowest BCUT2D eigenvalue weighted by molar-refractivity contribution is -0.149. The molecule has 0 aliphatic heterocycles. The van der Waals surface area contributed by atoms with E-state index in [1.54, 1.807) is 0 Å². The number of esters is 2. The lowest BCUT2D eigenvalue weighted by Gasteiger charge is -2.11. The van der Waals surface area contributed by atoms with Crippen LogP contribution in [0.4, 0.5) is 0 Å². The summed E-state index contributed by atoms with van der Waals surface area (Å²) in [6.45, 7) is 7.23. The van der Waals surface area contributed by atoms with Crippen molar-refractivity contribution in [3.63, 3.8) is 0 Å². The Morgan fingerprint density at radius 1 is 0.692 bits per heavy atom. The molecule has 1 unspecified atom stereocenters. The molecule has 0 rings (SSSR count). The van der Waals surface area contributed by atoms with Crippen LogP contribution in [0.3, 0.4) is 0 Å². The highest BCUT2D eigenvalue weighted by atomic mass is 16.5. The standard InChI is InChI=1S/C22H42O4/c1-4-6-8-10-12-14-18-25-21(23)17-16-20(3)22(24)26-19-15-13-11-9-7-5-2/h20H,4-19H2,1-3H3. The summed E-state index contributed by atoms with van der Waals surface area (Å²) in [4.78, 5) is 23.6. The Labute approximate surface area is 161 Å². The van der Waals surface area contributed by atoms with Crippen molar-refractivity contribution in [2.45, 2.75) is 111 Å². The summed E-state index contributed by atoms with van der Waals surface area (Å²) in [5.41, 5.74) is 0. The van der Waals surface area contributed by atoms with E-state index in [1.807, 2.05) is 6.92 Å². The van der Waals surface area contributed by atoms with Gasteiger partial charge in [-0.2, -0.15) is 0 Å². The molecular weight excluding hydrogens is 328 g/mol. The molecule has 0 aromatic rings. The predicted molar refractivity (Wildman–Crippen MR) is 107 cm³/mol. The summed E-state index contributed by atoms with van der Waals surface area (Å²) < 4.78 is 10.5. The first-order valence-corrected chi connectivity index (χ1v) is 10.9. The van der Waals surface area contributed by atoms with E-state index >= 15 is 0 Å². The minimum atomic E-state index is -0.239. The van der Waals surface area contributed by atoms with Crippen LogP contribution in [0.25, 0.3) is 0 Å². The van der Waals surface area contributed by atoms with Crippen molar-refractivity contribution in [3.8, 4) is 0 Å². The normalized spacial score (nSPS) is 12.0. The molecule has 0 aromatic carbocycles. The first kappa shape index (κ1) is 24.9. The molecule has 0 aliphatic carbocycles. The SMILES string of the molecule is CCCCCCCCOC(=O)CCC(C)C(=O)OCCCCCCCC. The van der Waals surface area contributed by atoms with Crippen LogP contribution in [-0.4, -0.2) is 25.2 Å². The number of ether oxygens (including phenoxy) is 2. The summed E-state index contributed by atoms with van der Waals surface area (Å²) in [6.07, 6.45) is 14.9. The van der Waals surface area contributed by atoms with E-state index in [0.29, 0.717) is 26.1 Å². The Bertz CT molecular complexity index is 341. The van der Waals surface area contributed by atoms with Gasteiger partial charge in [-0.05, 0) is 19.3 Å². The van der Waals surface area contributed by atoms with Crippen molar-refractivity contribution in [2.75, 3.05) is 13.2 Å². The molecule has 154 valence electrons.